The van der Waals surface area contributed by atoms with Gasteiger partial charge in [-0.05, 0) is 36.6 Å². The predicted octanol–water partition coefficient (Wildman–Crippen LogP) is 2.52. The van der Waals surface area contributed by atoms with Gasteiger partial charge in [0.05, 0.1) is 0 Å². The number of phenolic OH excluding ortho intramolecular Hbond substituents is 1. The van der Waals surface area contributed by atoms with Gasteiger partial charge in [-0.1, -0.05) is 6.42 Å². The Kier molecular flexibility index (Phi) is 2.33. The molecular weight excluding hydrogens is 200 g/mol. The van der Waals surface area contributed by atoms with Crippen LogP contribution in [0.25, 0.3) is 10.9 Å². The fraction of sp³-hybridized carbons (Fsp3) is 0.385. The first-order valence-corrected chi connectivity index (χ1v) is 5.85. The number of nitrogens with one attached hydrogen (secondary N) is 2. The molecule has 0 atom stereocenters. The van der Waals surface area contributed by atoms with E-state index in [1.54, 1.807) is 6.07 Å². The Bertz CT molecular complexity index is 500. The van der Waals surface area contributed by atoms with Gasteiger partial charge in [0.25, 0.3) is 0 Å². The van der Waals surface area contributed by atoms with Crippen LogP contribution < -0.4 is 5.32 Å². The van der Waals surface area contributed by atoms with E-state index in [9.17, 15) is 5.11 Å². The maximum atomic E-state index is 9.47. The summed E-state index contributed by atoms with van der Waals surface area (Å²) in [6.07, 6.45) is 5.98. The summed E-state index contributed by atoms with van der Waals surface area (Å²) < 4.78 is 0. The molecule has 3 nitrogen and oxygen atoms in total. The van der Waals surface area contributed by atoms with E-state index in [0.717, 1.165) is 17.4 Å². The quantitative estimate of drug-likeness (QED) is 0.738. The highest BCUT2D eigenvalue weighted by atomic mass is 16.3. The smallest absolute Gasteiger partial charge is 0.116 e. The molecule has 0 amide bonds. The average Bonchev–Trinajstić information content (AvgIpc) is 2.59. The molecule has 1 fully saturated rings. The molecule has 3 N–H and O–H groups in total. The standard InChI is InChI=1S/C13H16N2O/c16-11-4-5-13-12(6-11)9(8-15-13)7-14-10-2-1-3-10/h4-6,8,10,14-16H,1-3,7H2. The normalized spacial score (nSPS) is 16.5. The molecule has 0 unspecified atom stereocenters. The number of phenols is 1. The topological polar surface area (TPSA) is 48.0 Å². The molecule has 3 heteroatoms. The zero-order valence-corrected chi connectivity index (χ0v) is 9.16. The fourth-order valence-corrected chi connectivity index (χ4v) is 2.18. The molecule has 1 heterocycles. The Morgan fingerprint density at radius 3 is 3.00 bits per heavy atom. The molecule has 0 spiro atoms. The van der Waals surface area contributed by atoms with Crippen LogP contribution in [-0.2, 0) is 6.54 Å². The van der Waals surface area contributed by atoms with E-state index in [1.165, 1.54) is 24.8 Å². The summed E-state index contributed by atoms with van der Waals surface area (Å²) in [7, 11) is 0. The maximum absolute atomic E-state index is 9.47. The van der Waals surface area contributed by atoms with Crippen LogP contribution in [0.2, 0.25) is 0 Å². The van der Waals surface area contributed by atoms with E-state index in [-0.39, 0.29) is 0 Å². The first-order valence-electron chi connectivity index (χ1n) is 5.85. The van der Waals surface area contributed by atoms with Gasteiger partial charge in [-0.3, -0.25) is 0 Å². The van der Waals surface area contributed by atoms with Crippen molar-refractivity contribution in [2.75, 3.05) is 0 Å². The van der Waals surface area contributed by atoms with Gasteiger partial charge < -0.3 is 15.4 Å². The number of H-pyrrole nitrogens is 1. The van der Waals surface area contributed by atoms with Crippen molar-refractivity contribution in [3.8, 4) is 5.75 Å². The first-order chi connectivity index (χ1) is 7.83. The molecule has 0 saturated heterocycles. The number of aromatic amines is 1. The number of hydrogen-bond acceptors (Lipinski definition) is 2. The van der Waals surface area contributed by atoms with Gasteiger partial charge in [-0.25, -0.2) is 0 Å². The summed E-state index contributed by atoms with van der Waals surface area (Å²) in [6, 6.07) is 6.14. The van der Waals surface area contributed by atoms with Crippen molar-refractivity contribution >= 4 is 10.9 Å². The third-order valence-electron chi connectivity index (χ3n) is 3.44. The summed E-state index contributed by atoms with van der Waals surface area (Å²) in [5.74, 6) is 0.331. The van der Waals surface area contributed by atoms with Crippen molar-refractivity contribution < 1.29 is 5.11 Å². The summed E-state index contributed by atoms with van der Waals surface area (Å²) in [5, 5.41) is 14.1. The summed E-state index contributed by atoms with van der Waals surface area (Å²) in [6.45, 7) is 0.883. The van der Waals surface area contributed by atoms with Crippen molar-refractivity contribution in [2.45, 2.75) is 31.8 Å². The fourth-order valence-electron chi connectivity index (χ4n) is 2.18. The van der Waals surface area contributed by atoms with Gasteiger partial charge in [0.1, 0.15) is 5.75 Å². The van der Waals surface area contributed by atoms with Gasteiger partial charge in [0.2, 0.25) is 0 Å². The first kappa shape index (κ1) is 9.73. The van der Waals surface area contributed by atoms with Crippen LogP contribution in [0.4, 0.5) is 0 Å². The van der Waals surface area contributed by atoms with Crippen LogP contribution in [0.15, 0.2) is 24.4 Å². The van der Waals surface area contributed by atoms with Crippen LogP contribution in [-0.4, -0.2) is 16.1 Å². The number of fused-ring (bicyclic) bond motifs is 1. The number of aromatic nitrogens is 1. The molecule has 0 bridgehead atoms. The van der Waals surface area contributed by atoms with Gasteiger partial charge in [-0.15, -0.1) is 0 Å². The minimum atomic E-state index is 0.331. The molecule has 1 aromatic carbocycles. The largest absolute Gasteiger partial charge is 0.508 e. The lowest BCUT2D eigenvalue weighted by Gasteiger charge is -2.26. The van der Waals surface area contributed by atoms with E-state index >= 15 is 0 Å². The third kappa shape index (κ3) is 1.67. The number of aromatic hydroxyl groups is 1. The van der Waals surface area contributed by atoms with Crippen LogP contribution in [0.3, 0.4) is 0 Å². The molecule has 0 aliphatic heterocycles. The average molecular weight is 216 g/mol. The van der Waals surface area contributed by atoms with E-state index in [4.69, 9.17) is 0 Å². The van der Waals surface area contributed by atoms with Gasteiger partial charge >= 0.3 is 0 Å². The second-order valence-electron chi connectivity index (χ2n) is 4.55. The predicted molar refractivity (Wildman–Crippen MR) is 64.4 cm³/mol. The Morgan fingerprint density at radius 2 is 2.25 bits per heavy atom. The molecule has 1 aliphatic rings. The van der Waals surface area contributed by atoms with Gasteiger partial charge in [0, 0.05) is 29.7 Å². The molecule has 3 rings (SSSR count). The molecule has 1 saturated carbocycles. The molecule has 1 aliphatic carbocycles. The SMILES string of the molecule is Oc1ccc2[nH]cc(CNC3CCC3)c2c1. The number of benzene rings is 1. The van der Waals surface area contributed by atoms with E-state index in [0.29, 0.717) is 11.8 Å². The Morgan fingerprint density at radius 1 is 1.38 bits per heavy atom. The van der Waals surface area contributed by atoms with Crippen molar-refractivity contribution in [1.82, 2.24) is 10.3 Å². The lowest BCUT2D eigenvalue weighted by atomic mass is 9.93. The highest BCUT2D eigenvalue weighted by Crippen LogP contribution is 2.24. The van der Waals surface area contributed by atoms with Crippen molar-refractivity contribution in [3.63, 3.8) is 0 Å². The van der Waals surface area contributed by atoms with E-state index < -0.39 is 0 Å². The van der Waals surface area contributed by atoms with Crippen molar-refractivity contribution in [3.05, 3.63) is 30.0 Å². The van der Waals surface area contributed by atoms with Crippen LogP contribution in [0.5, 0.6) is 5.75 Å². The van der Waals surface area contributed by atoms with Crippen molar-refractivity contribution in [1.29, 1.82) is 0 Å². The highest BCUT2D eigenvalue weighted by Gasteiger charge is 2.16. The minimum absolute atomic E-state index is 0.331. The number of hydrogen-bond donors (Lipinski definition) is 3. The Hall–Kier alpha value is -1.48. The van der Waals surface area contributed by atoms with E-state index in [1.807, 2.05) is 18.3 Å². The molecule has 2 aromatic rings. The molecule has 1 aromatic heterocycles. The molecule has 84 valence electrons. The van der Waals surface area contributed by atoms with Crippen LogP contribution in [0, 0.1) is 0 Å². The molecule has 16 heavy (non-hydrogen) atoms. The van der Waals surface area contributed by atoms with Crippen molar-refractivity contribution in [2.24, 2.45) is 0 Å². The van der Waals surface area contributed by atoms with E-state index in [2.05, 4.69) is 10.3 Å². The summed E-state index contributed by atoms with van der Waals surface area (Å²) in [4.78, 5) is 3.22. The maximum Gasteiger partial charge on any atom is 0.116 e. The third-order valence-corrected chi connectivity index (χ3v) is 3.44. The zero-order chi connectivity index (χ0) is 11.0. The second kappa shape index (κ2) is 3.83. The van der Waals surface area contributed by atoms with Gasteiger partial charge in [0.15, 0.2) is 0 Å². The lowest BCUT2D eigenvalue weighted by molar-refractivity contribution is 0.338. The Balaban J connectivity index is 1.82. The summed E-state index contributed by atoms with van der Waals surface area (Å²) in [5.41, 5.74) is 2.32. The van der Waals surface area contributed by atoms with Crippen LogP contribution >= 0.6 is 0 Å². The minimum Gasteiger partial charge on any atom is -0.508 e. The highest BCUT2D eigenvalue weighted by molar-refractivity contribution is 5.84. The summed E-state index contributed by atoms with van der Waals surface area (Å²) >= 11 is 0. The second-order valence-corrected chi connectivity index (χ2v) is 4.55. The Labute approximate surface area is 94.5 Å². The molecular formula is C13H16N2O. The lowest BCUT2D eigenvalue weighted by Crippen LogP contribution is -2.34. The number of rotatable bonds is 3. The monoisotopic (exact) mass is 216 g/mol. The zero-order valence-electron chi connectivity index (χ0n) is 9.16. The molecule has 0 radical (unpaired) electrons. The van der Waals surface area contributed by atoms with Crippen LogP contribution in [0.1, 0.15) is 24.8 Å². The van der Waals surface area contributed by atoms with Gasteiger partial charge in [-0.2, -0.15) is 0 Å².